The summed E-state index contributed by atoms with van der Waals surface area (Å²) in [6, 6.07) is 14.8. The molecular weight excluding hydrogens is 749 g/mol. The number of carbonyl (C=O) groups excluding carboxylic acids is 1. The van der Waals surface area contributed by atoms with Gasteiger partial charge in [-0.05, 0) is 111 Å². The number of hydrogen-bond acceptors (Lipinski definition) is 9. The molecule has 0 bridgehead atoms. The summed E-state index contributed by atoms with van der Waals surface area (Å²) in [5.74, 6) is 2.79. The average molecular weight is 825 g/mol. The van der Waals surface area contributed by atoms with Gasteiger partial charge in [0.1, 0.15) is 11.5 Å². The number of ether oxygens (including phenoxy) is 4. The van der Waals surface area contributed by atoms with E-state index in [2.05, 4.69) is 55.0 Å². The van der Waals surface area contributed by atoms with E-state index in [9.17, 15) is 4.79 Å². The van der Waals surface area contributed by atoms with E-state index in [1.807, 2.05) is 61.6 Å². The molecule has 2 fully saturated rings. The van der Waals surface area contributed by atoms with Gasteiger partial charge in [-0.3, -0.25) is 4.79 Å². The Balaban J connectivity index is 1.68. The van der Waals surface area contributed by atoms with Gasteiger partial charge >= 0.3 is 0 Å². The van der Waals surface area contributed by atoms with Crippen LogP contribution in [0.1, 0.15) is 113 Å². The van der Waals surface area contributed by atoms with E-state index in [0.717, 1.165) is 85.0 Å². The molecule has 0 radical (unpaired) electrons. The van der Waals surface area contributed by atoms with Gasteiger partial charge in [0.15, 0.2) is 22.4 Å². The largest absolute Gasteiger partial charge is 0.497 e. The number of rotatable bonds is 26. The Morgan fingerprint density at radius 3 is 2.09 bits per heavy atom. The zero-order valence-electron chi connectivity index (χ0n) is 35.7. The van der Waals surface area contributed by atoms with Crippen LogP contribution in [0.5, 0.6) is 5.75 Å². The fourth-order valence-electron chi connectivity index (χ4n) is 8.01. The second-order valence-electron chi connectivity index (χ2n) is 16.2. The maximum Gasteiger partial charge on any atom is 0.192 e. The minimum absolute atomic E-state index is 0.0282. The first kappa shape index (κ1) is 47.7. The first-order valence-electron chi connectivity index (χ1n) is 21.1. The third kappa shape index (κ3) is 14.9. The van der Waals surface area contributed by atoms with E-state index in [4.69, 9.17) is 27.8 Å². The van der Waals surface area contributed by atoms with Gasteiger partial charge < -0.3 is 27.8 Å². The van der Waals surface area contributed by atoms with Gasteiger partial charge in [-0.2, -0.15) is 0 Å². The predicted octanol–water partition coefficient (Wildman–Crippen LogP) is 11.8. The van der Waals surface area contributed by atoms with Crippen molar-refractivity contribution in [3.63, 3.8) is 0 Å². The molecule has 310 valence electrons. The van der Waals surface area contributed by atoms with Gasteiger partial charge in [-0.1, -0.05) is 72.8 Å². The normalized spacial score (nSPS) is 21.4. The SMILES string of the molecule is C=C(C[C@@H](CC1(CC(=O)C[C@@H]2CC(CCOCc3ccc(OC)cc3)OC(C)(C)O2)SCCCS1)O[Si](CC)(CC)CC)[C@@H](C)CO[Si](CC)(CC)CC. The van der Waals surface area contributed by atoms with Crippen molar-refractivity contribution in [3.05, 3.63) is 42.0 Å². The van der Waals surface area contributed by atoms with Gasteiger partial charge in [0, 0.05) is 32.5 Å². The fourth-order valence-corrected chi connectivity index (χ4v) is 17.1. The number of thioether (sulfide) groups is 2. The van der Waals surface area contributed by atoms with Gasteiger partial charge in [0.25, 0.3) is 0 Å². The minimum Gasteiger partial charge on any atom is -0.497 e. The second-order valence-corrected chi connectivity index (χ2v) is 28.9. The lowest BCUT2D eigenvalue weighted by Gasteiger charge is -2.43. The van der Waals surface area contributed by atoms with Crippen LogP contribution < -0.4 is 4.74 Å². The van der Waals surface area contributed by atoms with E-state index in [1.165, 1.54) is 12.0 Å². The fraction of sp³-hybridized carbons (Fsp3) is 0.791. The molecule has 2 saturated heterocycles. The molecule has 7 nitrogen and oxygen atoms in total. The molecule has 0 aliphatic carbocycles. The molecule has 54 heavy (non-hydrogen) atoms. The highest BCUT2D eigenvalue weighted by atomic mass is 32.2. The molecule has 4 atom stereocenters. The van der Waals surface area contributed by atoms with Crippen LogP contribution in [-0.2, 0) is 34.5 Å². The molecule has 0 spiro atoms. The molecule has 2 aliphatic rings. The van der Waals surface area contributed by atoms with Crippen LogP contribution in [0, 0.1) is 5.92 Å². The summed E-state index contributed by atoms with van der Waals surface area (Å²) >= 11 is 3.98. The summed E-state index contributed by atoms with van der Waals surface area (Å²) in [5, 5.41) is 0. The number of Topliss-reactive ketones (excluding diaryl/α,β-unsaturated/α-hetero) is 1. The van der Waals surface area contributed by atoms with Crippen molar-refractivity contribution in [3.8, 4) is 5.75 Å². The Bertz CT molecular complexity index is 1230. The molecule has 1 aromatic rings. The van der Waals surface area contributed by atoms with Gasteiger partial charge in [-0.15, -0.1) is 23.5 Å². The first-order chi connectivity index (χ1) is 25.7. The summed E-state index contributed by atoms with van der Waals surface area (Å²) in [5.41, 5.74) is 2.33. The molecular formula is C43H76O7S2Si2. The highest BCUT2D eigenvalue weighted by Crippen LogP contribution is 2.50. The van der Waals surface area contributed by atoms with E-state index in [1.54, 1.807) is 7.11 Å². The second kappa shape index (κ2) is 23.1. The van der Waals surface area contributed by atoms with Crippen LogP contribution >= 0.6 is 23.5 Å². The van der Waals surface area contributed by atoms with Gasteiger partial charge in [0.05, 0.1) is 36.1 Å². The molecule has 1 aromatic carbocycles. The summed E-state index contributed by atoms with van der Waals surface area (Å²) in [6.07, 6.45) is 5.08. The van der Waals surface area contributed by atoms with Crippen molar-refractivity contribution >= 4 is 45.9 Å². The number of methoxy groups -OCH3 is 1. The monoisotopic (exact) mass is 824 g/mol. The van der Waals surface area contributed by atoms with Crippen LogP contribution in [0.4, 0.5) is 0 Å². The van der Waals surface area contributed by atoms with Crippen molar-refractivity contribution in [2.75, 3.05) is 31.8 Å². The molecule has 2 heterocycles. The Kier molecular flexibility index (Phi) is 20.4. The zero-order chi connectivity index (χ0) is 39.8. The molecule has 3 rings (SSSR count). The van der Waals surface area contributed by atoms with E-state index < -0.39 is 22.4 Å². The van der Waals surface area contributed by atoms with E-state index in [-0.39, 0.29) is 34.1 Å². The van der Waals surface area contributed by atoms with E-state index >= 15 is 0 Å². The highest BCUT2D eigenvalue weighted by Gasteiger charge is 2.43. The molecule has 0 saturated carbocycles. The van der Waals surface area contributed by atoms with Gasteiger partial charge in [-0.25, -0.2) is 0 Å². The van der Waals surface area contributed by atoms with Crippen LogP contribution in [0.2, 0.25) is 36.3 Å². The van der Waals surface area contributed by atoms with Crippen molar-refractivity contribution in [1.82, 2.24) is 0 Å². The third-order valence-electron chi connectivity index (χ3n) is 12.0. The molecule has 1 unspecified atom stereocenters. The molecule has 2 aliphatic heterocycles. The zero-order valence-corrected chi connectivity index (χ0v) is 39.4. The van der Waals surface area contributed by atoms with Crippen molar-refractivity contribution in [2.45, 2.75) is 178 Å². The lowest BCUT2D eigenvalue weighted by molar-refractivity contribution is -0.300. The molecule has 0 N–H and O–H groups in total. The number of carbonyl (C=O) groups is 1. The average Bonchev–Trinajstić information content (AvgIpc) is 3.16. The standard InChI is InChI=1S/C43H76O7S2Si2/c1-12-53(13-2,14-3)47-32-35(8)34(7)27-41(50-54(15-4,16-5)17-6)31-43(51-25-18-26-52-43)30-37(44)28-40-29-39(48-42(9,10)49-40)23-24-46-33-36-19-21-38(45-11)22-20-36/h19-22,35,39-41H,7,12-18,23-33H2,1-6,8-11H3/t35-,39?,40+,41-/m0/s1. The lowest BCUT2D eigenvalue weighted by atomic mass is 9.94. The number of ketones is 1. The Labute approximate surface area is 340 Å². The smallest absolute Gasteiger partial charge is 0.192 e. The summed E-state index contributed by atoms with van der Waals surface area (Å²) in [7, 11) is -1.93. The summed E-state index contributed by atoms with van der Waals surface area (Å²) in [4.78, 5) is 14.2. The van der Waals surface area contributed by atoms with E-state index in [0.29, 0.717) is 32.5 Å². The third-order valence-corrected chi connectivity index (χ3v) is 24.7. The minimum atomic E-state index is -1.92. The maximum atomic E-state index is 14.2. The topological polar surface area (TPSA) is 72.5 Å². The number of hydrogen-bond donors (Lipinski definition) is 0. The van der Waals surface area contributed by atoms with Crippen LogP contribution in [-0.4, -0.2) is 82.4 Å². The van der Waals surface area contributed by atoms with Crippen molar-refractivity contribution < 1.29 is 32.6 Å². The predicted molar refractivity (Wildman–Crippen MR) is 235 cm³/mol. The Morgan fingerprint density at radius 1 is 0.926 bits per heavy atom. The molecule has 0 aromatic heterocycles. The van der Waals surface area contributed by atoms with Crippen LogP contribution in [0.25, 0.3) is 0 Å². The summed E-state index contributed by atoms with van der Waals surface area (Å²) in [6.45, 7) is 26.5. The van der Waals surface area contributed by atoms with Crippen LogP contribution in [0.15, 0.2) is 36.4 Å². The summed E-state index contributed by atoms with van der Waals surface area (Å²) < 4.78 is 37.9. The van der Waals surface area contributed by atoms with Crippen molar-refractivity contribution in [2.24, 2.45) is 5.92 Å². The Hall–Kier alpha value is -0.636. The number of benzene rings is 1. The molecule has 0 amide bonds. The van der Waals surface area contributed by atoms with Crippen LogP contribution in [0.3, 0.4) is 0 Å². The highest BCUT2D eigenvalue weighted by molar-refractivity contribution is 8.18. The Morgan fingerprint density at radius 2 is 1.52 bits per heavy atom. The van der Waals surface area contributed by atoms with Gasteiger partial charge in [0.2, 0.25) is 0 Å². The molecule has 11 heteroatoms. The quantitative estimate of drug-likeness (QED) is 0.0516. The van der Waals surface area contributed by atoms with Crippen molar-refractivity contribution in [1.29, 1.82) is 0 Å². The first-order valence-corrected chi connectivity index (χ1v) is 28.1. The lowest BCUT2D eigenvalue weighted by Crippen LogP contribution is -2.46. The maximum absolute atomic E-state index is 14.2.